The third-order valence-electron chi connectivity index (χ3n) is 3.25. The van der Waals surface area contributed by atoms with Crippen molar-refractivity contribution in [3.05, 3.63) is 0 Å². The minimum absolute atomic E-state index is 0.237. The van der Waals surface area contributed by atoms with Gasteiger partial charge in [-0.15, -0.1) is 0 Å². The maximum Gasteiger partial charge on any atom is 0.237 e. The minimum Gasteiger partial charge on any atom is -0.304 e. The van der Waals surface area contributed by atoms with Gasteiger partial charge in [-0.05, 0) is 19.9 Å². The van der Waals surface area contributed by atoms with Crippen molar-refractivity contribution in [2.24, 2.45) is 5.92 Å². The van der Waals surface area contributed by atoms with Crippen LogP contribution in [0.4, 0.5) is 0 Å². The van der Waals surface area contributed by atoms with Crippen LogP contribution in [0.5, 0.6) is 0 Å². The van der Waals surface area contributed by atoms with Crippen LogP contribution in [0, 0.1) is 5.92 Å². The lowest BCUT2D eigenvalue weighted by Crippen LogP contribution is -2.54. The Bertz CT molecular complexity index is 207. The van der Waals surface area contributed by atoms with Crippen LogP contribution < -0.4 is 5.43 Å². The molecule has 2 aliphatic rings. The van der Waals surface area contributed by atoms with Crippen molar-refractivity contribution in [2.45, 2.75) is 19.3 Å². The molecule has 0 aromatic heterocycles. The van der Waals surface area contributed by atoms with Gasteiger partial charge in [0.25, 0.3) is 0 Å². The van der Waals surface area contributed by atoms with Crippen molar-refractivity contribution in [1.82, 2.24) is 15.3 Å². The molecule has 2 rings (SSSR count). The largest absolute Gasteiger partial charge is 0.304 e. The van der Waals surface area contributed by atoms with Crippen LogP contribution in [0.2, 0.25) is 0 Å². The summed E-state index contributed by atoms with van der Waals surface area (Å²) in [7, 11) is 2.12. The summed E-state index contributed by atoms with van der Waals surface area (Å²) in [5, 5.41) is 2.06. The van der Waals surface area contributed by atoms with Crippen molar-refractivity contribution in [2.75, 3.05) is 33.2 Å². The van der Waals surface area contributed by atoms with E-state index in [-0.39, 0.29) is 5.91 Å². The predicted octanol–water partition coefficient (Wildman–Crippen LogP) is 0.0651. The van der Waals surface area contributed by atoms with E-state index in [1.807, 2.05) is 0 Å². The fourth-order valence-corrected chi connectivity index (χ4v) is 1.84. The van der Waals surface area contributed by atoms with Crippen LogP contribution in [0.3, 0.4) is 0 Å². The molecular formula is C10H19N3O. The zero-order chi connectivity index (χ0) is 9.97. The first-order valence-corrected chi connectivity index (χ1v) is 5.50. The van der Waals surface area contributed by atoms with E-state index in [1.54, 1.807) is 0 Å². The van der Waals surface area contributed by atoms with Crippen LogP contribution in [0.15, 0.2) is 0 Å². The first-order chi connectivity index (χ1) is 6.75. The van der Waals surface area contributed by atoms with E-state index in [1.165, 1.54) is 6.42 Å². The molecule has 0 unspecified atom stereocenters. The molecule has 1 saturated carbocycles. The molecule has 1 heterocycles. The average Bonchev–Trinajstić information content (AvgIpc) is 2.06. The maximum atomic E-state index is 11.6. The van der Waals surface area contributed by atoms with Gasteiger partial charge in [0.15, 0.2) is 0 Å². The summed E-state index contributed by atoms with van der Waals surface area (Å²) in [5.74, 6) is 0.537. The van der Waals surface area contributed by atoms with E-state index >= 15 is 0 Å². The molecule has 0 spiro atoms. The van der Waals surface area contributed by atoms with Gasteiger partial charge in [0.05, 0.1) is 0 Å². The Morgan fingerprint density at radius 3 is 2.36 bits per heavy atom. The molecule has 1 N–H and O–H groups in total. The first kappa shape index (κ1) is 9.93. The molecule has 14 heavy (non-hydrogen) atoms. The Hall–Kier alpha value is -0.610. The molecule has 0 aromatic carbocycles. The maximum absolute atomic E-state index is 11.6. The Labute approximate surface area is 85.2 Å². The molecule has 1 aliphatic carbocycles. The van der Waals surface area contributed by atoms with Crippen LogP contribution in [0.25, 0.3) is 0 Å². The highest BCUT2D eigenvalue weighted by Gasteiger charge is 2.27. The van der Waals surface area contributed by atoms with Crippen molar-refractivity contribution < 1.29 is 4.79 Å². The van der Waals surface area contributed by atoms with Crippen molar-refractivity contribution in [1.29, 1.82) is 0 Å². The van der Waals surface area contributed by atoms with E-state index < -0.39 is 0 Å². The lowest BCUT2D eigenvalue weighted by molar-refractivity contribution is -0.133. The summed E-state index contributed by atoms with van der Waals surface area (Å²) in [6, 6.07) is 0. The lowest BCUT2D eigenvalue weighted by atomic mass is 9.85. The minimum atomic E-state index is 0.237. The third-order valence-corrected chi connectivity index (χ3v) is 3.25. The number of hydrazine groups is 1. The molecule has 0 bridgehead atoms. The number of nitrogens with one attached hydrogen (secondary N) is 1. The van der Waals surface area contributed by atoms with Crippen LogP contribution in [-0.2, 0) is 4.79 Å². The SMILES string of the molecule is CN1CCN(NC(=O)C2CCC2)CC1. The molecule has 1 aliphatic heterocycles. The van der Waals surface area contributed by atoms with Crippen LogP contribution in [0.1, 0.15) is 19.3 Å². The Morgan fingerprint density at radius 2 is 1.86 bits per heavy atom. The number of amides is 1. The third kappa shape index (κ3) is 2.25. The number of carbonyl (C=O) groups is 1. The zero-order valence-corrected chi connectivity index (χ0v) is 8.83. The molecule has 0 atom stereocenters. The molecule has 1 amide bonds. The lowest BCUT2D eigenvalue weighted by Gasteiger charge is -2.34. The number of piperazine rings is 1. The highest BCUT2D eigenvalue weighted by atomic mass is 16.2. The first-order valence-electron chi connectivity index (χ1n) is 5.50. The molecule has 80 valence electrons. The number of nitrogens with zero attached hydrogens (tertiary/aromatic N) is 2. The fourth-order valence-electron chi connectivity index (χ4n) is 1.84. The van der Waals surface area contributed by atoms with Crippen molar-refractivity contribution >= 4 is 5.91 Å². The molecular weight excluding hydrogens is 178 g/mol. The quantitative estimate of drug-likeness (QED) is 0.680. The van der Waals surface area contributed by atoms with Gasteiger partial charge in [0.1, 0.15) is 0 Å². The summed E-state index contributed by atoms with van der Waals surface area (Å²) in [6.07, 6.45) is 3.39. The van der Waals surface area contributed by atoms with E-state index in [0.717, 1.165) is 39.0 Å². The number of likely N-dealkylation sites (N-methyl/N-ethyl adjacent to an activating group) is 1. The molecule has 2 fully saturated rings. The molecule has 4 nitrogen and oxygen atoms in total. The smallest absolute Gasteiger partial charge is 0.237 e. The number of rotatable bonds is 2. The average molecular weight is 197 g/mol. The number of hydrogen-bond donors (Lipinski definition) is 1. The van der Waals surface area contributed by atoms with E-state index in [2.05, 4.69) is 22.4 Å². The van der Waals surface area contributed by atoms with E-state index in [9.17, 15) is 4.79 Å². The highest BCUT2D eigenvalue weighted by Crippen LogP contribution is 2.26. The second-order valence-electron chi connectivity index (χ2n) is 4.39. The fraction of sp³-hybridized carbons (Fsp3) is 0.900. The summed E-state index contributed by atoms with van der Waals surface area (Å²) in [6.45, 7) is 4.00. The monoisotopic (exact) mass is 197 g/mol. The molecule has 0 aromatic rings. The summed E-state index contributed by atoms with van der Waals surface area (Å²) in [5.41, 5.74) is 3.01. The van der Waals surface area contributed by atoms with Crippen molar-refractivity contribution in [3.8, 4) is 0 Å². The topological polar surface area (TPSA) is 35.6 Å². The Morgan fingerprint density at radius 1 is 1.21 bits per heavy atom. The Balaban J connectivity index is 1.71. The molecule has 4 heteroatoms. The summed E-state index contributed by atoms with van der Waals surface area (Å²) < 4.78 is 0. The van der Waals surface area contributed by atoms with Gasteiger partial charge in [0.2, 0.25) is 5.91 Å². The van der Waals surface area contributed by atoms with E-state index in [4.69, 9.17) is 0 Å². The molecule has 1 saturated heterocycles. The summed E-state index contributed by atoms with van der Waals surface area (Å²) in [4.78, 5) is 13.9. The standard InChI is InChI=1S/C10H19N3O/c1-12-5-7-13(8-6-12)11-10(14)9-3-2-4-9/h9H,2-8H2,1H3,(H,11,14). The van der Waals surface area contributed by atoms with Crippen LogP contribution >= 0.6 is 0 Å². The van der Waals surface area contributed by atoms with Gasteiger partial charge < -0.3 is 4.90 Å². The second kappa shape index (κ2) is 4.28. The highest BCUT2D eigenvalue weighted by molar-refractivity contribution is 5.78. The number of hydrogen-bond acceptors (Lipinski definition) is 3. The van der Waals surface area contributed by atoms with Crippen LogP contribution in [-0.4, -0.2) is 49.0 Å². The van der Waals surface area contributed by atoms with Gasteiger partial charge in [-0.1, -0.05) is 6.42 Å². The second-order valence-corrected chi connectivity index (χ2v) is 4.39. The van der Waals surface area contributed by atoms with E-state index in [0.29, 0.717) is 5.92 Å². The van der Waals surface area contributed by atoms with Gasteiger partial charge in [-0.2, -0.15) is 0 Å². The predicted molar refractivity (Wildman–Crippen MR) is 54.6 cm³/mol. The van der Waals surface area contributed by atoms with Gasteiger partial charge in [-0.25, -0.2) is 5.01 Å². The van der Waals surface area contributed by atoms with Crippen molar-refractivity contribution in [3.63, 3.8) is 0 Å². The van der Waals surface area contributed by atoms with Gasteiger partial charge in [0, 0.05) is 32.1 Å². The summed E-state index contributed by atoms with van der Waals surface area (Å²) >= 11 is 0. The normalized spacial score (nSPS) is 25.8. The number of carbonyl (C=O) groups excluding carboxylic acids is 1. The Kier molecular flexibility index (Phi) is 3.03. The van der Waals surface area contributed by atoms with Gasteiger partial charge >= 0.3 is 0 Å². The zero-order valence-electron chi connectivity index (χ0n) is 8.83. The van der Waals surface area contributed by atoms with Gasteiger partial charge in [-0.3, -0.25) is 10.2 Å². The molecule has 0 radical (unpaired) electrons.